The summed E-state index contributed by atoms with van der Waals surface area (Å²) in [5.41, 5.74) is 3.10. The second-order valence-corrected chi connectivity index (χ2v) is 9.49. The average Bonchev–Trinajstić information content (AvgIpc) is 3.06. The molecule has 0 aliphatic carbocycles. The number of aldehydes is 2. The number of alkyl halides is 1. The summed E-state index contributed by atoms with van der Waals surface area (Å²) >= 11 is 2.15. The Morgan fingerprint density at radius 2 is 1.09 bits per heavy atom. The topological polar surface area (TPSA) is 119 Å². The molecule has 0 spiro atoms. The molecule has 0 radical (unpaired) electrons. The van der Waals surface area contributed by atoms with E-state index in [4.69, 9.17) is 14.8 Å². The number of ether oxygens (including phenoxy) is 1. The number of unbranched alkanes of at least 4 members (excludes halogenated alkanes) is 4. The number of hydrogen-bond acceptors (Lipinski definition) is 9. The molecule has 2 rings (SSSR count). The van der Waals surface area contributed by atoms with Crippen LogP contribution in [0, 0.1) is 0 Å². The fourth-order valence-corrected chi connectivity index (χ4v) is 3.96. The number of phenolic OH excluding ortho intramolecular Hbond substituents is 1. The van der Waals surface area contributed by atoms with Crippen LogP contribution in [0.25, 0.3) is 0 Å². The number of carbonyl (C=O) groups excluding carboxylic acids is 3. The SMILES string of the molecule is CCCCN(CCCC)c1ccc(C=O)c(O)c1.CCCCN(CCCC)c1ccc(C=O)c(OC)c1.CI.O=CO[O-].[H-].[K+].[K+]. The first-order valence-corrected chi connectivity index (χ1v) is 17.1. The van der Waals surface area contributed by atoms with E-state index in [2.05, 4.69) is 65.0 Å². The number of nitrogens with zero attached hydrogens (tertiary/aromatic N) is 2. The van der Waals surface area contributed by atoms with E-state index < -0.39 is 0 Å². The molecule has 2 aromatic carbocycles. The van der Waals surface area contributed by atoms with Gasteiger partial charge in [-0.1, -0.05) is 76.0 Å². The number of rotatable bonds is 18. The number of anilines is 2. The molecule has 0 aromatic heterocycles. The molecule has 2 aromatic rings. The van der Waals surface area contributed by atoms with Crippen molar-refractivity contribution < 1.29 is 139 Å². The summed E-state index contributed by atoms with van der Waals surface area (Å²) in [4.78, 5) is 39.5. The van der Waals surface area contributed by atoms with Crippen LogP contribution in [0.15, 0.2) is 36.4 Å². The molecule has 0 unspecified atom stereocenters. The number of hydrogen-bond donors (Lipinski definition) is 1. The van der Waals surface area contributed by atoms with Crippen LogP contribution in [0.2, 0.25) is 0 Å². The molecule has 1 N–H and O–H groups in total. The first-order chi connectivity index (χ1) is 20.9. The van der Waals surface area contributed by atoms with Crippen molar-refractivity contribution >= 4 is 53.0 Å². The first kappa shape index (κ1) is 52.2. The van der Waals surface area contributed by atoms with Gasteiger partial charge in [0.1, 0.15) is 11.5 Å². The van der Waals surface area contributed by atoms with E-state index in [1.54, 1.807) is 19.2 Å². The second kappa shape index (κ2) is 37.2. The molecule has 0 saturated heterocycles. The molecule has 0 aliphatic rings. The van der Waals surface area contributed by atoms with E-state index in [1.165, 1.54) is 25.7 Å². The van der Waals surface area contributed by atoms with Gasteiger partial charge in [-0.25, -0.2) is 0 Å². The van der Waals surface area contributed by atoms with Crippen molar-refractivity contribution in [3.8, 4) is 11.5 Å². The van der Waals surface area contributed by atoms with Crippen molar-refractivity contribution in [1.82, 2.24) is 0 Å². The Morgan fingerprint density at radius 3 is 1.38 bits per heavy atom. The van der Waals surface area contributed by atoms with Gasteiger partial charge in [-0.15, -0.1) is 0 Å². The maximum absolute atomic E-state index is 10.9. The van der Waals surface area contributed by atoms with Gasteiger partial charge in [0.25, 0.3) is 6.47 Å². The maximum atomic E-state index is 10.9. The molecule has 0 amide bonds. The molecule has 246 valence electrons. The fourth-order valence-electron chi connectivity index (χ4n) is 3.96. The number of benzene rings is 2. The predicted octanol–water partition coefficient (Wildman–Crippen LogP) is 1.13. The van der Waals surface area contributed by atoms with E-state index in [1.807, 2.05) is 29.2 Å². The summed E-state index contributed by atoms with van der Waals surface area (Å²) in [7, 11) is 1.61. The Labute approximate surface area is 372 Å². The van der Waals surface area contributed by atoms with Gasteiger partial charge in [0.05, 0.1) is 18.2 Å². The van der Waals surface area contributed by atoms with E-state index >= 15 is 0 Å². The minimum Gasteiger partial charge on any atom is -1.00 e. The fraction of sp³-hybridized carbons (Fsp3) is 0.545. The van der Waals surface area contributed by atoms with Crippen LogP contribution in [0.1, 0.15) is 101 Å². The van der Waals surface area contributed by atoms with E-state index in [-0.39, 0.29) is 116 Å². The van der Waals surface area contributed by atoms with Gasteiger partial charge in [-0.05, 0) is 54.9 Å². The van der Waals surface area contributed by atoms with E-state index in [0.717, 1.165) is 69.5 Å². The van der Waals surface area contributed by atoms with Gasteiger partial charge in [-0.2, -0.15) is 0 Å². The van der Waals surface area contributed by atoms with Crippen molar-refractivity contribution in [3.05, 3.63) is 47.5 Å². The van der Waals surface area contributed by atoms with Crippen molar-refractivity contribution in [3.63, 3.8) is 0 Å². The molecule has 0 heterocycles. The summed E-state index contributed by atoms with van der Waals surface area (Å²) in [6.45, 7) is 12.7. The number of aromatic hydroxyl groups is 1. The van der Waals surface area contributed by atoms with Gasteiger partial charge in [-0.3, -0.25) is 14.4 Å². The second-order valence-electron chi connectivity index (χ2n) is 9.49. The molecular weight excluding hydrogens is 741 g/mol. The molecule has 0 saturated carbocycles. The number of phenols is 1. The Kier molecular flexibility index (Phi) is 43.2. The normalized spacial score (nSPS) is 9.07. The third-order valence-corrected chi connectivity index (χ3v) is 6.38. The smallest absolute Gasteiger partial charge is 1.00 e. The third-order valence-electron chi connectivity index (χ3n) is 6.38. The Hall–Kier alpha value is 0.413. The third kappa shape index (κ3) is 24.2. The number of halogens is 1. The van der Waals surface area contributed by atoms with E-state index in [0.29, 0.717) is 23.2 Å². The zero-order chi connectivity index (χ0) is 32.9. The molecule has 0 fully saturated rings. The zero-order valence-corrected chi connectivity index (χ0v) is 37.3. The predicted molar refractivity (Wildman–Crippen MR) is 184 cm³/mol. The minimum absolute atomic E-state index is 0. The van der Waals surface area contributed by atoms with Crippen molar-refractivity contribution in [1.29, 1.82) is 0 Å². The molecule has 0 atom stereocenters. The average molecular weight is 795 g/mol. The number of carbonyl (C=O) groups is 3. The number of methoxy groups -OCH3 is 1. The standard InChI is InChI=1S/C16H25NO2.C15H23NO2.CH3I.CH2O3.2K.H/c1-4-6-10-17(11-7-5-2)15-9-8-14(13-18)16(12-15)19-3;1-3-5-9-16(10-6-4-2)14-8-7-13(12-17)15(18)11-14;1-2;2-1-4-3;;;/h8-9,12-13H,4-7,10-11H2,1-3H3;7-8,11-12,18H,3-6,9-10H2,1-2H3;1H3;1,3H;;;/q;;;;2*+1;-1/p-1. The quantitative estimate of drug-likeness (QED) is 0.0592. The summed E-state index contributed by atoms with van der Waals surface area (Å²) in [6, 6.07) is 11.1. The molecule has 12 heteroatoms. The summed E-state index contributed by atoms with van der Waals surface area (Å²) in [5.74, 6) is 0.728. The molecular formula is C33H53IK2N2O7. The van der Waals surface area contributed by atoms with Gasteiger partial charge in [0.15, 0.2) is 12.6 Å². The van der Waals surface area contributed by atoms with Gasteiger partial charge in [0, 0.05) is 49.7 Å². The van der Waals surface area contributed by atoms with Crippen LogP contribution in [-0.4, -0.2) is 62.4 Å². The zero-order valence-electron chi connectivity index (χ0n) is 29.9. The van der Waals surface area contributed by atoms with Crippen molar-refractivity contribution in [2.45, 2.75) is 79.1 Å². The van der Waals surface area contributed by atoms with Gasteiger partial charge < -0.3 is 31.2 Å². The Bertz CT molecular complexity index is 994. The van der Waals surface area contributed by atoms with Crippen molar-refractivity contribution in [2.75, 3.05) is 48.0 Å². The van der Waals surface area contributed by atoms with Crippen LogP contribution >= 0.6 is 22.6 Å². The van der Waals surface area contributed by atoms with Crippen molar-refractivity contribution in [2.24, 2.45) is 0 Å². The summed E-state index contributed by atoms with van der Waals surface area (Å²) < 4.78 is 5.28. The Morgan fingerprint density at radius 1 is 0.733 bits per heavy atom. The summed E-state index contributed by atoms with van der Waals surface area (Å²) in [6.07, 6.45) is 10.8. The monoisotopic (exact) mass is 794 g/mol. The minimum atomic E-state index is -0.181. The van der Waals surface area contributed by atoms with Crippen LogP contribution in [0.5, 0.6) is 11.5 Å². The maximum Gasteiger partial charge on any atom is 1.00 e. The van der Waals surface area contributed by atoms with Crippen LogP contribution in [-0.2, 0) is 9.68 Å². The molecule has 9 nitrogen and oxygen atoms in total. The largest absolute Gasteiger partial charge is 1.00 e. The van der Waals surface area contributed by atoms with Gasteiger partial charge in [0.2, 0.25) is 0 Å². The molecule has 0 aliphatic heterocycles. The van der Waals surface area contributed by atoms with Gasteiger partial charge >= 0.3 is 103 Å². The van der Waals surface area contributed by atoms with Crippen LogP contribution in [0.4, 0.5) is 11.4 Å². The van der Waals surface area contributed by atoms with Crippen LogP contribution < -0.4 is 123 Å². The van der Waals surface area contributed by atoms with E-state index in [9.17, 15) is 14.7 Å². The Balaban J connectivity index is -0.000000197. The summed E-state index contributed by atoms with van der Waals surface area (Å²) in [5, 5.41) is 18.2. The molecule has 0 bridgehead atoms. The molecule has 45 heavy (non-hydrogen) atoms. The van der Waals surface area contributed by atoms with Crippen LogP contribution in [0.3, 0.4) is 0 Å². The first-order valence-electron chi connectivity index (χ1n) is 14.9.